The third-order valence-corrected chi connectivity index (χ3v) is 2.66. The van der Waals surface area contributed by atoms with E-state index in [4.69, 9.17) is 5.84 Å². The minimum atomic E-state index is -4.25. The van der Waals surface area contributed by atoms with Crippen molar-refractivity contribution in [1.82, 2.24) is 5.43 Å². The molecule has 20 heavy (non-hydrogen) atoms. The number of benzene rings is 1. The second-order valence-electron chi connectivity index (χ2n) is 4.14. The van der Waals surface area contributed by atoms with Crippen LogP contribution in [0.4, 0.5) is 22.0 Å². The van der Waals surface area contributed by atoms with Crippen LogP contribution in [0.25, 0.3) is 0 Å². The number of para-hydroxylation sites is 1. The highest BCUT2D eigenvalue weighted by molar-refractivity contribution is 5.35. The van der Waals surface area contributed by atoms with Crippen molar-refractivity contribution < 1.29 is 26.7 Å². The average molecular weight is 298 g/mol. The highest BCUT2D eigenvalue weighted by Crippen LogP contribution is 2.31. The lowest BCUT2D eigenvalue weighted by atomic mass is 10.0. The molecular weight excluding hydrogens is 283 g/mol. The zero-order valence-corrected chi connectivity index (χ0v) is 10.5. The van der Waals surface area contributed by atoms with E-state index >= 15 is 0 Å². The van der Waals surface area contributed by atoms with Crippen molar-refractivity contribution >= 4 is 0 Å². The lowest BCUT2D eigenvalue weighted by Crippen LogP contribution is -2.29. The van der Waals surface area contributed by atoms with E-state index in [1.54, 1.807) is 6.07 Å². The largest absolute Gasteiger partial charge is 0.434 e. The van der Waals surface area contributed by atoms with Crippen molar-refractivity contribution in [2.24, 2.45) is 5.84 Å². The van der Waals surface area contributed by atoms with Gasteiger partial charge in [0.25, 0.3) is 0 Å². The van der Waals surface area contributed by atoms with Gasteiger partial charge in [-0.05, 0) is 18.9 Å². The standard InChI is InChI=1S/C12H15F5N2O/c13-11(14)20-10-6-2-1-4-8(10)9(19-18)5-3-7-12(15,16)17/h1-2,4,6,9,11,19H,3,5,7,18H2. The zero-order valence-electron chi connectivity index (χ0n) is 10.5. The van der Waals surface area contributed by atoms with Gasteiger partial charge in [-0.3, -0.25) is 11.3 Å². The highest BCUT2D eigenvalue weighted by Gasteiger charge is 2.27. The number of ether oxygens (including phenoxy) is 1. The molecule has 1 rings (SSSR count). The molecule has 0 bridgehead atoms. The number of alkyl halides is 5. The molecule has 0 aliphatic carbocycles. The van der Waals surface area contributed by atoms with Gasteiger partial charge in [0.05, 0.1) is 0 Å². The van der Waals surface area contributed by atoms with Crippen LogP contribution in [0.3, 0.4) is 0 Å². The number of nitrogens with two attached hydrogens (primary N) is 1. The van der Waals surface area contributed by atoms with E-state index in [-0.39, 0.29) is 18.6 Å². The summed E-state index contributed by atoms with van der Waals surface area (Å²) >= 11 is 0. The summed E-state index contributed by atoms with van der Waals surface area (Å²) in [6.07, 6.45) is -5.32. The summed E-state index contributed by atoms with van der Waals surface area (Å²) in [6.45, 7) is -3.01. The molecule has 3 N–H and O–H groups in total. The molecule has 0 aliphatic heterocycles. The monoisotopic (exact) mass is 298 g/mol. The summed E-state index contributed by atoms with van der Waals surface area (Å²) in [5.41, 5.74) is 2.63. The van der Waals surface area contributed by atoms with Crippen molar-refractivity contribution in [2.45, 2.75) is 38.1 Å². The predicted octanol–water partition coefficient (Wildman–Crippen LogP) is 3.53. The highest BCUT2D eigenvalue weighted by atomic mass is 19.4. The summed E-state index contributed by atoms with van der Waals surface area (Å²) in [5, 5.41) is 0. The van der Waals surface area contributed by atoms with E-state index in [0.717, 1.165) is 0 Å². The van der Waals surface area contributed by atoms with Crippen LogP contribution in [-0.4, -0.2) is 12.8 Å². The van der Waals surface area contributed by atoms with Crippen LogP contribution in [0, 0.1) is 0 Å². The van der Waals surface area contributed by atoms with E-state index in [1.165, 1.54) is 18.2 Å². The molecule has 0 fully saturated rings. The van der Waals surface area contributed by atoms with E-state index in [0.29, 0.717) is 5.56 Å². The molecule has 3 nitrogen and oxygen atoms in total. The van der Waals surface area contributed by atoms with Gasteiger partial charge in [0.1, 0.15) is 5.75 Å². The maximum atomic E-state index is 12.3. The Kier molecular flexibility index (Phi) is 6.15. The lowest BCUT2D eigenvalue weighted by molar-refractivity contribution is -0.135. The summed E-state index contributed by atoms with van der Waals surface area (Å²) in [6, 6.07) is 5.17. The van der Waals surface area contributed by atoms with E-state index < -0.39 is 25.3 Å². The van der Waals surface area contributed by atoms with Gasteiger partial charge in [0.2, 0.25) is 0 Å². The second kappa shape index (κ2) is 7.39. The Hall–Kier alpha value is -1.41. The molecule has 114 valence electrons. The van der Waals surface area contributed by atoms with Crippen molar-refractivity contribution in [3.05, 3.63) is 29.8 Å². The minimum Gasteiger partial charge on any atom is -0.434 e. The first kappa shape index (κ1) is 16.6. The van der Waals surface area contributed by atoms with Crippen LogP contribution >= 0.6 is 0 Å². The Balaban J connectivity index is 2.74. The Morgan fingerprint density at radius 3 is 2.40 bits per heavy atom. The topological polar surface area (TPSA) is 47.3 Å². The number of nitrogens with one attached hydrogen (secondary N) is 1. The van der Waals surface area contributed by atoms with E-state index in [2.05, 4.69) is 10.2 Å². The molecule has 0 amide bonds. The average Bonchev–Trinajstić information content (AvgIpc) is 2.34. The minimum absolute atomic E-state index is 0.0552. The molecule has 8 heteroatoms. The molecule has 0 radical (unpaired) electrons. The van der Waals surface area contributed by atoms with Crippen LogP contribution in [0.15, 0.2) is 24.3 Å². The van der Waals surface area contributed by atoms with E-state index in [9.17, 15) is 22.0 Å². The summed E-state index contributed by atoms with van der Waals surface area (Å²) in [5.74, 6) is 5.18. The lowest BCUT2D eigenvalue weighted by Gasteiger charge is -2.20. The Morgan fingerprint density at radius 1 is 1.20 bits per heavy atom. The molecule has 1 aromatic rings. The zero-order chi connectivity index (χ0) is 15.2. The number of rotatable bonds is 7. The van der Waals surface area contributed by atoms with Gasteiger partial charge in [-0.1, -0.05) is 18.2 Å². The number of hydrogen-bond donors (Lipinski definition) is 2. The SMILES string of the molecule is NNC(CCCC(F)(F)F)c1ccccc1OC(F)F. The maximum absolute atomic E-state index is 12.3. The molecule has 0 aromatic heterocycles. The first-order valence-electron chi connectivity index (χ1n) is 5.90. The summed E-state index contributed by atoms with van der Waals surface area (Å²) in [4.78, 5) is 0. The van der Waals surface area contributed by atoms with Crippen LogP contribution in [0.5, 0.6) is 5.75 Å². The van der Waals surface area contributed by atoms with Gasteiger partial charge in [-0.25, -0.2) is 0 Å². The van der Waals surface area contributed by atoms with Gasteiger partial charge in [-0.15, -0.1) is 0 Å². The van der Waals surface area contributed by atoms with Crippen LogP contribution in [-0.2, 0) is 0 Å². The van der Waals surface area contributed by atoms with Gasteiger partial charge >= 0.3 is 12.8 Å². The Labute approximate surface area is 112 Å². The second-order valence-corrected chi connectivity index (χ2v) is 4.14. The number of halogens is 5. The molecule has 0 heterocycles. The number of hydrazine groups is 1. The molecular formula is C12H15F5N2O. The van der Waals surface area contributed by atoms with Crippen molar-refractivity contribution in [2.75, 3.05) is 0 Å². The molecule has 0 spiro atoms. The van der Waals surface area contributed by atoms with E-state index in [1.807, 2.05) is 0 Å². The predicted molar refractivity (Wildman–Crippen MR) is 63.0 cm³/mol. The third-order valence-electron chi connectivity index (χ3n) is 2.66. The molecule has 0 aliphatic rings. The fourth-order valence-electron chi connectivity index (χ4n) is 1.81. The molecule has 1 atom stereocenters. The first-order chi connectivity index (χ1) is 9.33. The van der Waals surface area contributed by atoms with Crippen molar-refractivity contribution in [3.8, 4) is 5.75 Å². The smallest absolute Gasteiger partial charge is 0.389 e. The Bertz CT molecular complexity index is 411. The maximum Gasteiger partial charge on any atom is 0.389 e. The van der Waals surface area contributed by atoms with Crippen LogP contribution in [0.2, 0.25) is 0 Å². The summed E-state index contributed by atoms with van der Waals surface area (Å²) < 4.78 is 65.1. The fraction of sp³-hybridized carbons (Fsp3) is 0.500. The fourth-order valence-corrected chi connectivity index (χ4v) is 1.81. The molecule has 1 unspecified atom stereocenters. The van der Waals surface area contributed by atoms with Gasteiger partial charge < -0.3 is 4.74 Å². The van der Waals surface area contributed by atoms with Crippen LogP contribution < -0.4 is 16.0 Å². The van der Waals surface area contributed by atoms with Crippen molar-refractivity contribution in [3.63, 3.8) is 0 Å². The van der Waals surface area contributed by atoms with Gasteiger partial charge in [-0.2, -0.15) is 22.0 Å². The Morgan fingerprint density at radius 2 is 1.85 bits per heavy atom. The summed E-state index contributed by atoms with van der Waals surface area (Å²) in [7, 11) is 0. The molecule has 0 saturated carbocycles. The number of hydrogen-bond acceptors (Lipinski definition) is 3. The molecule has 1 aromatic carbocycles. The first-order valence-corrected chi connectivity index (χ1v) is 5.90. The molecule has 0 saturated heterocycles. The normalized spacial score (nSPS) is 13.6. The third kappa shape index (κ3) is 5.70. The van der Waals surface area contributed by atoms with Crippen LogP contribution in [0.1, 0.15) is 30.9 Å². The quantitative estimate of drug-likeness (QED) is 0.460. The van der Waals surface area contributed by atoms with Gasteiger partial charge in [0, 0.05) is 18.0 Å². The van der Waals surface area contributed by atoms with Gasteiger partial charge in [0.15, 0.2) is 0 Å². The van der Waals surface area contributed by atoms with Crippen molar-refractivity contribution in [1.29, 1.82) is 0 Å².